The van der Waals surface area contributed by atoms with Crippen LogP contribution in [0.2, 0.25) is 0 Å². The van der Waals surface area contributed by atoms with Crippen molar-refractivity contribution in [1.29, 1.82) is 0 Å². The molecule has 1 unspecified atom stereocenters. The number of ether oxygens (including phenoxy) is 1. The van der Waals surface area contributed by atoms with Crippen LogP contribution >= 0.6 is 11.9 Å². The van der Waals surface area contributed by atoms with Crippen molar-refractivity contribution in [2.24, 2.45) is 4.36 Å². The molecule has 1 atom stereocenters. The molecule has 1 aromatic rings. The third kappa shape index (κ3) is 6.48. The fourth-order valence-electron chi connectivity index (χ4n) is 2.14. The summed E-state index contributed by atoms with van der Waals surface area (Å²) in [5, 5.41) is -0.448. The number of methoxy groups -OCH3 is 1. The van der Waals surface area contributed by atoms with Crippen LogP contribution < -0.4 is 9.46 Å². The molecule has 0 aliphatic carbocycles. The monoisotopic (exact) mass is 387 g/mol. The van der Waals surface area contributed by atoms with Crippen LogP contribution in [-0.2, 0) is 15.3 Å². The van der Waals surface area contributed by atoms with Crippen molar-refractivity contribution in [2.75, 3.05) is 27.2 Å². The largest absolute Gasteiger partial charge is 0.497 e. The molecule has 0 saturated heterocycles. The van der Waals surface area contributed by atoms with Crippen LogP contribution in [0.5, 0.6) is 5.75 Å². The molecule has 0 heterocycles. The van der Waals surface area contributed by atoms with Gasteiger partial charge in [0.1, 0.15) is 5.75 Å². The molecule has 0 bridgehead atoms. The van der Waals surface area contributed by atoms with Crippen molar-refractivity contribution in [3.63, 3.8) is 0 Å². The first-order chi connectivity index (χ1) is 11.9. The summed E-state index contributed by atoms with van der Waals surface area (Å²) in [5.74, 6) is -0.766. The van der Waals surface area contributed by atoms with Gasteiger partial charge in [0.2, 0.25) is 5.91 Å². The van der Waals surface area contributed by atoms with E-state index in [0.29, 0.717) is 17.7 Å². The average Bonchev–Trinajstić information content (AvgIpc) is 2.60. The third-order valence-electron chi connectivity index (χ3n) is 3.30. The van der Waals surface area contributed by atoms with E-state index in [1.165, 1.54) is 7.11 Å². The van der Waals surface area contributed by atoms with E-state index in [1.807, 2.05) is 6.92 Å². The first kappa shape index (κ1) is 21.1. The van der Waals surface area contributed by atoms with E-state index in [0.717, 1.165) is 16.8 Å². The van der Waals surface area contributed by atoms with Gasteiger partial charge in [0.25, 0.3) is 0 Å². The van der Waals surface area contributed by atoms with Crippen LogP contribution in [0.15, 0.2) is 28.6 Å². The maximum Gasteiger partial charge on any atom is 0.311 e. The van der Waals surface area contributed by atoms with Gasteiger partial charge in [-0.2, -0.15) is 12.8 Å². The van der Waals surface area contributed by atoms with E-state index in [4.69, 9.17) is 4.74 Å². The van der Waals surface area contributed by atoms with Crippen LogP contribution in [-0.4, -0.2) is 51.7 Å². The van der Waals surface area contributed by atoms with Gasteiger partial charge in [-0.25, -0.2) is 0 Å². The van der Waals surface area contributed by atoms with Crippen LogP contribution in [0.25, 0.3) is 0 Å². The molecular weight excluding hydrogens is 366 g/mol. The zero-order valence-corrected chi connectivity index (χ0v) is 15.9. The Morgan fingerprint density at radius 3 is 2.44 bits per heavy atom. The summed E-state index contributed by atoms with van der Waals surface area (Å²) in [4.78, 5) is 26.2. The van der Waals surface area contributed by atoms with E-state index in [-0.39, 0.29) is 13.1 Å². The van der Waals surface area contributed by atoms with Gasteiger partial charge in [0.15, 0.2) is 0 Å². The van der Waals surface area contributed by atoms with Gasteiger partial charge < -0.3 is 4.74 Å². The Hall–Kier alpha value is -1.91. The number of hydrogen-bond acceptors (Lipinski definition) is 8. The number of nitrogens with zero attached hydrogens (tertiary/aromatic N) is 2. The molecule has 0 fully saturated rings. The Labute approximate surface area is 152 Å². The lowest BCUT2D eigenvalue weighted by Gasteiger charge is -2.24. The van der Waals surface area contributed by atoms with E-state index in [2.05, 4.69) is 9.08 Å². The van der Waals surface area contributed by atoms with Crippen molar-refractivity contribution in [2.45, 2.75) is 19.3 Å². The number of nitrogens with one attached hydrogen (secondary N) is 1. The maximum atomic E-state index is 12.9. The highest BCUT2D eigenvalue weighted by atomic mass is 32.2. The molecule has 0 aromatic heterocycles. The highest BCUT2D eigenvalue weighted by molar-refractivity contribution is 8.11. The Morgan fingerprint density at radius 2 is 1.96 bits per heavy atom. The summed E-state index contributed by atoms with van der Waals surface area (Å²) >= 11 is 0.795. The third-order valence-corrected chi connectivity index (χ3v) is 4.26. The van der Waals surface area contributed by atoms with Gasteiger partial charge in [-0.05, 0) is 31.2 Å². The standard InChI is InChI=1S/C15H21N3O5S2/c1-4-9-18(15(20)24-16-2)14(19)13(10-17-25(21)22)11-5-7-12(23-3)8-6-11/h5-8,13,16H,4,9-10H2,1-3H3. The van der Waals surface area contributed by atoms with Gasteiger partial charge >= 0.3 is 15.7 Å². The lowest BCUT2D eigenvalue weighted by Crippen LogP contribution is -2.40. The zero-order chi connectivity index (χ0) is 18.8. The predicted octanol–water partition coefficient (Wildman–Crippen LogP) is 2.07. The lowest BCUT2D eigenvalue weighted by atomic mass is 9.97. The van der Waals surface area contributed by atoms with Gasteiger partial charge in [-0.1, -0.05) is 19.1 Å². The number of carbonyl (C=O) groups excluding carboxylic acids is 2. The molecule has 0 saturated carbocycles. The molecule has 0 aliphatic rings. The summed E-state index contributed by atoms with van der Waals surface area (Å²) in [6, 6.07) is 6.64. The van der Waals surface area contributed by atoms with E-state index < -0.39 is 27.6 Å². The van der Waals surface area contributed by atoms with Crippen molar-refractivity contribution in [1.82, 2.24) is 9.62 Å². The Bertz CT molecular complexity index is 711. The van der Waals surface area contributed by atoms with E-state index in [1.54, 1.807) is 31.3 Å². The molecule has 0 aliphatic heterocycles. The van der Waals surface area contributed by atoms with Crippen LogP contribution in [0.4, 0.5) is 4.79 Å². The molecule has 1 N–H and O–H groups in total. The number of carbonyl (C=O) groups is 2. The lowest BCUT2D eigenvalue weighted by molar-refractivity contribution is -0.129. The molecule has 8 nitrogen and oxygen atoms in total. The van der Waals surface area contributed by atoms with E-state index >= 15 is 0 Å². The van der Waals surface area contributed by atoms with Crippen molar-refractivity contribution < 1.29 is 22.7 Å². The Kier molecular flexibility index (Phi) is 9.17. The normalized spacial score (nSPS) is 11.5. The molecule has 1 aromatic carbocycles. The second kappa shape index (κ2) is 10.9. The SMILES string of the molecule is CCCN(C(=O)SNC)C(=O)C(CN=S(=O)=O)c1ccc(OC)cc1. The topological polar surface area (TPSA) is 105 Å². The fourth-order valence-corrected chi connectivity index (χ4v) is 2.88. The Balaban J connectivity index is 3.20. The average molecular weight is 387 g/mol. The molecular formula is C15H21N3O5S2. The smallest absolute Gasteiger partial charge is 0.311 e. The highest BCUT2D eigenvalue weighted by Crippen LogP contribution is 2.23. The first-order valence-electron chi connectivity index (χ1n) is 7.54. The number of hydrogen-bond donors (Lipinski definition) is 1. The van der Waals surface area contributed by atoms with Crippen LogP contribution in [0.3, 0.4) is 0 Å². The summed E-state index contributed by atoms with van der Waals surface area (Å²) < 4.78 is 32.7. The minimum absolute atomic E-state index is 0.236. The predicted molar refractivity (Wildman–Crippen MR) is 96.0 cm³/mol. The summed E-state index contributed by atoms with van der Waals surface area (Å²) in [6.45, 7) is 1.81. The minimum atomic E-state index is -2.64. The van der Waals surface area contributed by atoms with Gasteiger partial charge in [-0.15, -0.1) is 0 Å². The van der Waals surface area contributed by atoms with Crippen molar-refractivity contribution >= 4 is 33.6 Å². The van der Waals surface area contributed by atoms with Crippen molar-refractivity contribution in [3.05, 3.63) is 29.8 Å². The molecule has 25 heavy (non-hydrogen) atoms. The first-order valence-corrected chi connectivity index (χ1v) is 9.39. The second-order valence-electron chi connectivity index (χ2n) is 4.92. The molecule has 2 amide bonds. The summed E-state index contributed by atoms with van der Waals surface area (Å²) in [7, 11) is 0.459. The van der Waals surface area contributed by atoms with E-state index in [9.17, 15) is 18.0 Å². The van der Waals surface area contributed by atoms with Crippen molar-refractivity contribution in [3.8, 4) is 5.75 Å². The fraction of sp³-hybridized carbons (Fsp3) is 0.467. The molecule has 0 spiro atoms. The summed E-state index contributed by atoms with van der Waals surface area (Å²) in [5.41, 5.74) is 0.559. The minimum Gasteiger partial charge on any atom is -0.497 e. The molecule has 138 valence electrons. The number of imide groups is 1. The zero-order valence-electron chi connectivity index (χ0n) is 14.3. The number of benzene rings is 1. The number of rotatable bonds is 8. The van der Waals surface area contributed by atoms with Crippen LogP contribution in [0.1, 0.15) is 24.8 Å². The maximum absolute atomic E-state index is 12.9. The highest BCUT2D eigenvalue weighted by Gasteiger charge is 2.30. The van der Waals surface area contributed by atoms with Gasteiger partial charge in [-0.3, -0.25) is 19.2 Å². The molecule has 0 radical (unpaired) electrons. The molecule has 1 rings (SSSR count). The Morgan fingerprint density at radius 1 is 1.32 bits per heavy atom. The van der Waals surface area contributed by atoms with Gasteiger partial charge in [0, 0.05) is 18.5 Å². The second-order valence-corrected chi connectivity index (χ2v) is 6.57. The van der Waals surface area contributed by atoms with Gasteiger partial charge in [0.05, 0.1) is 19.6 Å². The molecule has 10 heteroatoms. The number of amides is 2. The van der Waals surface area contributed by atoms with Crippen LogP contribution in [0, 0.1) is 0 Å². The quantitative estimate of drug-likeness (QED) is 0.681. The summed E-state index contributed by atoms with van der Waals surface area (Å²) in [6.07, 6.45) is 0.585.